The first kappa shape index (κ1) is 22.5. The third-order valence-corrected chi connectivity index (χ3v) is 11.5. The van der Waals surface area contributed by atoms with Crippen molar-refractivity contribution in [2.75, 3.05) is 34.7 Å². The van der Waals surface area contributed by atoms with Gasteiger partial charge >= 0.3 is 0 Å². The summed E-state index contributed by atoms with van der Waals surface area (Å²) in [6.07, 6.45) is 1.67. The first-order valence-corrected chi connectivity index (χ1v) is 14.6. The van der Waals surface area contributed by atoms with E-state index in [1.54, 1.807) is 32.9 Å². The minimum Gasteiger partial charge on any atom is -0.270 e. The second-order valence-electron chi connectivity index (χ2n) is 7.77. The molecule has 29 heavy (non-hydrogen) atoms. The van der Waals surface area contributed by atoms with Crippen molar-refractivity contribution in [1.29, 1.82) is 0 Å². The molecule has 0 spiro atoms. The highest BCUT2D eigenvalue weighted by Gasteiger charge is 2.39. The molecule has 0 N–H and O–H groups in total. The van der Waals surface area contributed by atoms with E-state index in [0.717, 1.165) is 6.42 Å². The summed E-state index contributed by atoms with van der Waals surface area (Å²) < 4.78 is 78.0. The van der Waals surface area contributed by atoms with Gasteiger partial charge < -0.3 is 0 Å². The van der Waals surface area contributed by atoms with Crippen molar-refractivity contribution in [3.8, 4) is 0 Å². The lowest BCUT2D eigenvalue weighted by Crippen LogP contribution is -2.41. The van der Waals surface area contributed by atoms with Crippen LogP contribution in [0.3, 0.4) is 0 Å². The molecule has 164 valence electrons. The molecule has 0 saturated carbocycles. The molecule has 2 saturated heterocycles. The van der Waals surface area contributed by atoms with E-state index in [0.29, 0.717) is 29.8 Å². The lowest BCUT2D eigenvalue weighted by Gasteiger charge is -2.31. The lowest BCUT2D eigenvalue weighted by molar-refractivity contribution is 0.354. The molecule has 1 aromatic carbocycles. The predicted octanol–water partition coefficient (Wildman–Crippen LogP) is 1.43. The summed E-state index contributed by atoms with van der Waals surface area (Å²) in [4.78, 5) is 0.127. The largest absolute Gasteiger partial charge is 0.270 e. The summed E-state index contributed by atoms with van der Waals surface area (Å²) in [6, 6.07) is 2.63. The third-order valence-electron chi connectivity index (χ3n) is 5.58. The van der Waals surface area contributed by atoms with Crippen molar-refractivity contribution in [3.05, 3.63) is 23.3 Å². The minimum atomic E-state index is -3.92. The van der Waals surface area contributed by atoms with E-state index < -0.39 is 35.9 Å². The van der Waals surface area contributed by atoms with Gasteiger partial charge in [-0.2, -0.15) is 4.31 Å². The van der Waals surface area contributed by atoms with E-state index in [9.17, 15) is 25.3 Å². The fourth-order valence-corrected chi connectivity index (χ4v) is 9.83. The van der Waals surface area contributed by atoms with Crippen LogP contribution in [0.1, 0.15) is 37.3 Å². The Hall–Kier alpha value is -1.17. The van der Waals surface area contributed by atoms with Crippen molar-refractivity contribution in [2.24, 2.45) is 0 Å². The Morgan fingerprint density at radius 1 is 1.07 bits per heavy atom. The van der Waals surface area contributed by atoms with Gasteiger partial charge in [0.05, 0.1) is 27.8 Å². The number of aryl methyl sites for hydroxylation is 2. The molecule has 1 unspecified atom stereocenters. The van der Waals surface area contributed by atoms with Crippen molar-refractivity contribution < 1.29 is 25.3 Å². The number of rotatable bonds is 5. The Kier molecular flexibility index (Phi) is 6.07. The normalized spacial score (nSPS) is 24.1. The molecule has 0 amide bonds. The highest BCUT2D eigenvalue weighted by molar-refractivity contribution is 7.93. The van der Waals surface area contributed by atoms with E-state index in [-0.39, 0.29) is 35.1 Å². The summed E-state index contributed by atoms with van der Waals surface area (Å²) >= 11 is 0. The molecule has 1 aromatic rings. The maximum absolute atomic E-state index is 13.4. The van der Waals surface area contributed by atoms with Gasteiger partial charge in [-0.1, -0.05) is 6.92 Å². The first-order chi connectivity index (χ1) is 13.4. The number of benzene rings is 1. The second kappa shape index (κ2) is 7.82. The summed E-state index contributed by atoms with van der Waals surface area (Å²) in [5, 5.41) is 0. The quantitative estimate of drug-likeness (QED) is 0.652. The Labute approximate surface area is 173 Å². The molecule has 0 bridgehead atoms. The van der Waals surface area contributed by atoms with Gasteiger partial charge in [0.25, 0.3) is 0 Å². The van der Waals surface area contributed by atoms with E-state index in [1.807, 2.05) is 0 Å². The van der Waals surface area contributed by atoms with Crippen LogP contribution < -0.4 is 4.31 Å². The molecule has 3 rings (SSSR count). The fraction of sp³-hybridized carbons (Fsp3) is 0.667. The number of sulfone groups is 1. The lowest BCUT2D eigenvalue weighted by atomic mass is 10.1. The van der Waals surface area contributed by atoms with Crippen LogP contribution >= 0.6 is 0 Å². The zero-order valence-corrected chi connectivity index (χ0v) is 19.4. The van der Waals surface area contributed by atoms with Crippen LogP contribution in [0.5, 0.6) is 0 Å². The number of hydrogen-bond donors (Lipinski definition) is 0. The Morgan fingerprint density at radius 3 is 2.17 bits per heavy atom. The van der Waals surface area contributed by atoms with Crippen molar-refractivity contribution in [2.45, 2.75) is 51.0 Å². The van der Waals surface area contributed by atoms with Crippen LogP contribution in [-0.4, -0.2) is 65.9 Å². The minimum absolute atomic E-state index is 0.00654. The molecular weight excluding hydrogens is 436 g/mol. The molecule has 2 aliphatic heterocycles. The predicted molar refractivity (Wildman–Crippen MR) is 113 cm³/mol. The number of sulfonamides is 2. The zero-order valence-electron chi connectivity index (χ0n) is 17.0. The highest BCUT2D eigenvalue weighted by Crippen LogP contribution is 2.33. The maximum atomic E-state index is 13.4. The van der Waals surface area contributed by atoms with Crippen molar-refractivity contribution in [1.82, 2.24) is 4.31 Å². The average Bonchev–Trinajstić information content (AvgIpc) is 2.93. The molecule has 2 fully saturated rings. The molecule has 0 aliphatic carbocycles. The van der Waals surface area contributed by atoms with E-state index in [4.69, 9.17) is 0 Å². The van der Waals surface area contributed by atoms with Gasteiger partial charge in [-0.05, 0) is 56.4 Å². The van der Waals surface area contributed by atoms with Gasteiger partial charge in [-0.15, -0.1) is 0 Å². The SMILES string of the molecule is CCN(C1CCS(=O)(=O)C1)S(=O)(=O)c1c(C)cc(N2CCCCS2(=O)=O)cc1C. The van der Waals surface area contributed by atoms with Crippen molar-refractivity contribution >= 4 is 35.6 Å². The molecule has 2 heterocycles. The third kappa shape index (κ3) is 4.33. The van der Waals surface area contributed by atoms with Crippen LogP contribution in [-0.2, 0) is 29.9 Å². The number of hydrogen-bond acceptors (Lipinski definition) is 6. The van der Waals surface area contributed by atoms with Gasteiger partial charge in [0.15, 0.2) is 9.84 Å². The first-order valence-electron chi connectivity index (χ1n) is 9.73. The highest BCUT2D eigenvalue weighted by atomic mass is 32.2. The van der Waals surface area contributed by atoms with Crippen LogP contribution in [0.4, 0.5) is 5.69 Å². The smallest absolute Gasteiger partial charge is 0.243 e. The van der Waals surface area contributed by atoms with Gasteiger partial charge in [0, 0.05) is 19.1 Å². The van der Waals surface area contributed by atoms with Crippen LogP contribution in [0.2, 0.25) is 0 Å². The van der Waals surface area contributed by atoms with Gasteiger partial charge in [-0.25, -0.2) is 25.3 Å². The Morgan fingerprint density at radius 2 is 1.69 bits per heavy atom. The average molecular weight is 465 g/mol. The van der Waals surface area contributed by atoms with Crippen LogP contribution in [0.15, 0.2) is 17.0 Å². The summed E-state index contributed by atoms with van der Waals surface area (Å²) in [6.45, 7) is 5.55. The molecule has 2 aliphatic rings. The van der Waals surface area contributed by atoms with E-state index >= 15 is 0 Å². The topological polar surface area (TPSA) is 109 Å². The molecule has 0 radical (unpaired) electrons. The summed E-state index contributed by atoms with van der Waals surface area (Å²) in [5.41, 5.74) is 1.39. The zero-order chi connectivity index (χ0) is 21.6. The maximum Gasteiger partial charge on any atom is 0.243 e. The Bertz CT molecular complexity index is 1090. The summed E-state index contributed by atoms with van der Waals surface area (Å²) in [5.74, 6) is -0.0827. The molecular formula is C18H28N2O6S3. The second-order valence-corrected chi connectivity index (χ2v) is 13.8. The van der Waals surface area contributed by atoms with E-state index in [2.05, 4.69) is 0 Å². The van der Waals surface area contributed by atoms with Crippen molar-refractivity contribution in [3.63, 3.8) is 0 Å². The molecule has 8 nitrogen and oxygen atoms in total. The summed E-state index contributed by atoms with van der Waals surface area (Å²) in [7, 11) is -10.5. The molecule has 11 heteroatoms. The standard InChI is InChI=1S/C18H28N2O6S3/c1-4-19(16-7-10-27(21,22)13-16)29(25,26)18-14(2)11-17(12-15(18)3)20-8-5-6-9-28(20,23)24/h11-12,16H,4-10,13H2,1-3H3. The monoisotopic (exact) mass is 464 g/mol. The number of nitrogens with zero attached hydrogens (tertiary/aromatic N) is 2. The van der Waals surface area contributed by atoms with E-state index in [1.165, 1.54) is 8.61 Å². The van der Waals surface area contributed by atoms with Gasteiger partial charge in [-0.3, -0.25) is 4.31 Å². The molecule has 1 atom stereocenters. The fourth-order valence-electron chi connectivity index (χ4n) is 4.30. The number of anilines is 1. The molecule has 0 aromatic heterocycles. The van der Waals surface area contributed by atoms with Gasteiger partial charge in [0.2, 0.25) is 20.0 Å². The Balaban J connectivity index is 2.02. The van der Waals surface area contributed by atoms with Crippen LogP contribution in [0, 0.1) is 13.8 Å². The van der Waals surface area contributed by atoms with Crippen LogP contribution in [0.25, 0.3) is 0 Å². The van der Waals surface area contributed by atoms with Gasteiger partial charge in [0.1, 0.15) is 0 Å².